The summed E-state index contributed by atoms with van der Waals surface area (Å²) in [5.74, 6) is 0.406. The van der Waals surface area contributed by atoms with E-state index < -0.39 is 6.10 Å². The molecule has 0 saturated heterocycles. The van der Waals surface area contributed by atoms with E-state index in [-0.39, 0.29) is 12.3 Å². The molecule has 1 aliphatic rings. The third-order valence-corrected chi connectivity index (χ3v) is 4.14. The Morgan fingerprint density at radius 3 is 2.79 bits per heavy atom. The Labute approximate surface area is 141 Å². The Kier molecular flexibility index (Phi) is 4.94. The van der Waals surface area contributed by atoms with Crippen molar-refractivity contribution in [1.29, 1.82) is 0 Å². The lowest BCUT2D eigenvalue weighted by molar-refractivity contribution is -0.113. The van der Waals surface area contributed by atoms with Crippen molar-refractivity contribution in [3.8, 4) is 5.75 Å². The summed E-state index contributed by atoms with van der Waals surface area (Å²) in [4.78, 5) is 12.8. The molecule has 5 heteroatoms. The molecule has 2 aromatic carbocycles. The van der Waals surface area contributed by atoms with Crippen molar-refractivity contribution in [2.24, 2.45) is 0 Å². The third kappa shape index (κ3) is 3.33. The lowest BCUT2D eigenvalue weighted by Crippen LogP contribution is -2.26. The second-order valence-electron chi connectivity index (χ2n) is 5.96. The van der Waals surface area contributed by atoms with Crippen LogP contribution in [0.25, 0.3) is 0 Å². The summed E-state index contributed by atoms with van der Waals surface area (Å²) >= 11 is 0. The van der Waals surface area contributed by atoms with Gasteiger partial charge in [0.05, 0.1) is 18.2 Å². The Hall–Kier alpha value is -2.21. The highest BCUT2D eigenvalue weighted by Gasteiger charge is 2.23. The van der Waals surface area contributed by atoms with Crippen molar-refractivity contribution < 1.29 is 19.8 Å². The van der Waals surface area contributed by atoms with E-state index in [0.29, 0.717) is 35.6 Å². The number of nitrogens with zero attached hydrogens (tertiary/aromatic N) is 1. The highest BCUT2D eigenvalue weighted by Crippen LogP contribution is 2.30. The van der Waals surface area contributed by atoms with Gasteiger partial charge in [0.15, 0.2) is 5.78 Å². The number of ketones is 1. The van der Waals surface area contributed by atoms with Crippen molar-refractivity contribution in [1.82, 2.24) is 5.06 Å². The number of benzene rings is 2. The first-order valence-corrected chi connectivity index (χ1v) is 8.11. The highest BCUT2D eigenvalue weighted by atomic mass is 16.5. The first-order chi connectivity index (χ1) is 11.6. The minimum Gasteiger partial charge on any atom is -0.488 e. The molecule has 0 saturated carbocycles. The molecule has 24 heavy (non-hydrogen) atoms. The van der Waals surface area contributed by atoms with E-state index >= 15 is 0 Å². The van der Waals surface area contributed by atoms with Crippen molar-refractivity contribution in [3.63, 3.8) is 0 Å². The van der Waals surface area contributed by atoms with Gasteiger partial charge in [-0.05, 0) is 24.1 Å². The second-order valence-corrected chi connectivity index (χ2v) is 5.96. The number of hydroxylamine groups is 2. The van der Waals surface area contributed by atoms with Crippen LogP contribution in [-0.4, -0.2) is 34.2 Å². The number of aliphatic hydroxyl groups is 1. The number of aliphatic hydroxyl groups excluding tert-OH is 1. The molecular weight excluding hydrogens is 306 g/mol. The van der Waals surface area contributed by atoms with Gasteiger partial charge in [-0.15, -0.1) is 0 Å². The molecule has 0 aromatic heterocycles. The number of carbonyl (C=O) groups excluding carboxylic acids is 1. The minimum absolute atomic E-state index is 0.0955. The Morgan fingerprint density at radius 1 is 1.21 bits per heavy atom. The van der Waals surface area contributed by atoms with Gasteiger partial charge in [0.2, 0.25) is 0 Å². The Balaban J connectivity index is 1.90. The lowest BCUT2D eigenvalue weighted by atomic mass is 9.96. The molecule has 5 nitrogen and oxygen atoms in total. The van der Waals surface area contributed by atoms with Crippen molar-refractivity contribution >= 4 is 5.78 Å². The summed E-state index contributed by atoms with van der Waals surface area (Å²) in [7, 11) is 0. The van der Waals surface area contributed by atoms with Gasteiger partial charge in [-0.3, -0.25) is 4.79 Å². The highest BCUT2D eigenvalue weighted by molar-refractivity contribution is 6.12. The zero-order valence-electron chi connectivity index (χ0n) is 13.6. The molecule has 1 aliphatic heterocycles. The molecule has 0 amide bonds. The first kappa shape index (κ1) is 16.6. The van der Waals surface area contributed by atoms with E-state index in [1.165, 1.54) is 0 Å². The van der Waals surface area contributed by atoms with Gasteiger partial charge in [0.1, 0.15) is 12.4 Å². The van der Waals surface area contributed by atoms with Gasteiger partial charge >= 0.3 is 0 Å². The molecule has 0 spiro atoms. The van der Waals surface area contributed by atoms with Crippen LogP contribution in [0, 0.1) is 0 Å². The fourth-order valence-corrected chi connectivity index (χ4v) is 2.88. The molecule has 2 aromatic rings. The summed E-state index contributed by atoms with van der Waals surface area (Å²) in [5.41, 5.74) is 2.50. The summed E-state index contributed by atoms with van der Waals surface area (Å²) in [6.07, 6.45) is -0.0885. The van der Waals surface area contributed by atoms with Crippen LogP contribution in [0.3, 0.4) is 0 Å². The molecule has 1 heterocycles. The Morgan fingerprint density at radius 2 is 2.00 bits per heavy atom. The molecule has 0 fully saturated rings. The van der Waals surface area contributed by atoms with Crippen LogP contribution >= 0.6 is 0 Å². The average molecular weight is 327 g/mol. The molecule has 3 rings (SSSR count). The fourth-order valence-electron chi connectivity index (χ4n) is 2.88. The molecule has 126 valence electrons. The quantitative estimate of drug-likeness (QED) is 0.826. The van der Waals surface area contributed by atoms with Gasteiger partial charge in [-0.25, -0.2) is 0 Å². The van der Waals surface area contributed by atoms with Gasteiger partial charge in [0.25, 0.3) is 0 Å². The van der Waals surface area contributed by atoms with Crippen molar-refractivity contribution in [3.05, 3.63) is 64.7 Å². The molecule has 0 radical (unpaired) electrons. The molecule has 0 aliphatic carbocycles. The zero-order chi connectivity index (χ0) is 17.1. The topological polar surface area (TPSA) is 70.0 Å². The van der Waals surface area contributed by atoms with Crippen LogP contribution in [0.4, 0.5) is 0 Å². The summed E-state index contributed by atoms with van der Waals surface area (Å²) < 4.78 is 5.74. The van der Waals surface area contributed by atoms with E-state index in [0.717, 1.165) is 17.0 Å². The first-order valence-electron chi connectivity index (χ1n) is 8.11. The maximum absolute atomic E-state index is 12.8. The monoisotopic (exact) mass is 327 g/mol. The summed E-state index contributed by atoms with van der Waals surface area (Å²) in [5, 5.41) is 21.1. The minimum atomic E-state index is -0.877. The summed E-state index contributed by atoms with van der Waals surface area (Å²) in [6, 6.07) is 12.5. The molecule has 0 bridgehead atoms. The number of rotatable bonds is 5. The number of ether oxygens (including phenoxy) is 1. The standard InChI is InChI=1S/C19H21NO4/c1-2-9-20(23)11-17(21)13-7-8-18-16(10-13)19(22)15-6-4-3-5-14(15)12-24-18/h3-8,10,17,21,23H,2,9,11-12H2,1H3. The van der Waals surface area contributed by atoms with Gasteiger partial charge in [-0.2, -0.15) is 5.06 Å². The van der Waals surface area contributed by atoms with E-state index in [2.05, 4.69) is 0 Å². The van der Waals surface area contributed by atoms with Crippen molar-refractivity contribution in [2.75, 3.05) is 13.1 Å². The SMILES string of the molecule is CCCN(O)CC(O)c1ccc2c(c1)C(=O)c1ccccc1CO2. The fraction of sp³-hybridized carbons (Fsp3) is 0.316. The number of hydrogen-bond donors (Lipinski definition) is 2. The van der Waals surface area contributed by atoms with Crippen LogP contribution < -0.4 is 4.74 Å². The summed E-state index contributed by atoms with van der Waals surface area (Å²) in [6.45, 7) is 2.87. The number of carbonyl (C=O) groups is 1. The predicted molar refractivity (Wildman–Crippen MR) is 89.3 cm³/mol. The van der Waals surface area contributed by atoms with Gasteiger partial charge in [0, 0.05) is 17.7 Å². The van der Waals surface area contributed by atoms with Gasteiger partial charge in [-0.1, -0.05) is 37.3 Å². The van der Waals surface area contributed by atoms with Crippen molar-refractivity contribution in [2.45, 2.75) is 26.1 Å². The molecular formula is C19H21NO4. The lowest BCUT2D eigenvalue weighted by Gasteiger charge is -2.19. The number of hydrogen-bond acceptors (Lipinski definition) is 5. The molecule has 1 atom stereocenters. The van der Waals surface area contributed by atoms with Crippen LogP contribution in [0.1, 0.15) is 46.5 Å². The smallest absolute Gasteiger partial charge is 0.197 e. The van der Waals surface area contributed by atoms with E-state index in [9.17, 15) is 15.1 Å². The van der Waals surface area contributed by atoms with Gasteiger partial charge < -0.3 is 15.1 Å². The third-order valence-electron chi connectivity index (χ3n) is 4.14. The maximum atomic E-state index is 12.8. The molecule has 1 unspecified atom stereocenters. The van der Waals surface area contributed by atoms with Crippen LogP contribution in [0.2, 0.25) is 0 Å². The van der Waals surface area contributed by atoms with Crippen LogP contribution in [0.15, 0.2) is 42.5 Å². The maximum Gasteiger partial charge on any atom is 0.197 e. The molecule has 2 N–H and O–H groups in total. The van der Waals surface area contributed by atoms with E-state index in [4.69, 9.17) is 4.74 Å². The largest absolute Gasteiger partial charge is 0.488 e. The predicted octanol–water partition coefficient (Wildman–Crippen LogP) is 2.94. The second kappa shape index (κ2) is 7.13. The van der Waals surface area contributed by atoms with Crippen LogP contribution in [-0.2, 0) is 6.61 Å². The number of fused-ring (bicyclic) bond motifs is 2. The normalized spacial score (nSPS) is 14.6. The van der Waals surface area contributed by atoms with E-state index in [1.807, 2.05) is 25.1 Å². The van der Waals surface area contributed by atoms with Crippen LogP contribution in [0.5, 0.6) is 5.75 Å². The average Bonchev–Trinajstić information content (AvgIpc) is 2.72. The van der Waals surface area contributed by atoms with E-state index in [1.54, 1.807) is 24.3 Å². The Bertz CT molecular complexity index is 744. The zero-order valence-corrected chi connectivity index (χ0v) is 13.6.